The van der Waals surface area contributed by atoms with Gasteiger partial charge < -0.3 is 19.4 Å². The van der Waals surface area contributed by atoms with Gasteiger partial charge in [0.15, 0.2) is 0 Å². The first kappa shape index (κ1) is 20.5. The maximum absolute atomic E-state index is 12.4. The van der Waals surface area contributed by atoms with E-state index in [9.17, 15) is 9.59 Å². The molecule has 6 nitrogen and oxygen atoms in total. The number of furan rings is 1. The molecule has 0 unspecified atom stereocenters. The van der Waals surface area contributed by atoms with Crippen molar-refractivity contribution in [2.45, 2.75) is 51.9 Å². The number of amides is 2. The maximum atomic E-state index is 12.4. The van der Waals surface area contributed by atoms with Crippen LogP contribution in [0.1, 0.15) is 55.9 Å². The number of likely N-dealkylation sites (tertiary alicyclic amines) is 1. The van der Waals surface area contributed by atoms with Gasteiger partial charge in [-0.2, -0.15) is 0 Å². The normalized spacial score (nSPS) is 16.8. The SMILES string of the molecule is COc1cc2oc3c(c2cc1/C(C)=C/C(=O)NCCCN1CCCC1=O)CCCC3. The van der Waals surface area contributed by atoms with Gasteiger partial charge in [0.2, 0.25) is 11.8 Å². The van der Waals surface area contributed by atoms with Crippen LogP contribution in [0.25, 0.3) is 16.5 Å². The molecular weight excluding hydrogens is 380 g/mol. The van der Waals surface area contributed by atoms with E-state index < -0.39 is 0 Å². The Hall–Kier alpha value is -2.76. The van der Waals surface area contributed by atoms with E-state index in [-0.39, 0.29) is 11.8 Å². The fourth-order valence-electron chi connectivity index (χ4n) is 4.51. The van der Waals surface area contributed by atoms with Crippen LogP contribution in [0.5, 0.6) is 5.75 Å². The first-order valence-electron chi connectivity index (χ1n) is 10.9. The van der Waals surface area contributed by atoms with Gasteiger partial charge in [-0.1, -0.05) is 0 Å². The summed E-state index contributed by atoms with van der Waals surface area (Å²) in [6.07, 6.45) is 8.36. The van der Waals surface area contributed by atoms with E-state index in [2.05, 4.69) is 11.4 Å². The fraction of sp³-hybridized carbons (Fsp3) is 0.500. The van der Waals surface area contributed by atoms with Crippen LogP contribution < -0.4 is 10.1 Å². The fourth-order valence-corrected chi connectivity index (χ4v) is 4.51. The van der Waals surface area contributed by atoms with Crippen molar-refractivity contribution >= 4 is 28.4 Å². The first-order chi connectivity index (χ1) is 14.6. The van der Waals surface area contributed by atoms with Crippen LogP contribution in [0, 0.1) is 0 Å². The van der Waals surface area contributed by atoms with Gasteiger partial charge in [0.1, 0.15) is 17.1 Å². The smallest absolute Gasteiger partial charge is 0.244 e. The van der Waals surface area contributed by atoms with Crippen LogP contribution in [0.2, 0.25) is 0 Å². The molecule has 0 saturated carbocycles. The average Bonchev–Trinajstić information content (AvgIpc) is 3.32. The first-order valence-corrected chi connectivity index (χ1v) is 10.9. The van der Waals surface area contributed by atoms with Crippen LogP contribution in [0.4, 0.5) is 0 Å². The monoisotopic (exact) mass is 410 g/mol. The number of hydrogen-bond acceptors (Lipinski definition) is 4. The molecule has 6 heteroatoms. The van der Waals surface area contributed by atoms with Crippen molar-refractivity contribution in [2.24, 2.45) is 0 Å². The second kappa shape index (κ2) is 8.94. The van der Waals surface area contributed by atoms with Crippen LogP contribution in [0.3, 0.4) is 0 Å². The number of aryl methyl sites for hydroxylation is 2. The number of allylic oxidation sites excluding steroid dienone is 1. The molecule has 1 aromatic carbocycles. The van der Waals surface area contributed by atoms with Gasteiger partial charge in [-0.15, -0.1) is 0 Å². The zero-order chi connectivity index (χ0) is 21.1. The van der Waals surface area contributed by atoms with Gasteiger partial charge in [-0.25, -0.2) is 0 Å². The summed E-state index contributed by atoms with van der Waals surface area (Å²) >= 11 is 0. The number of hydrogen-bond donors (Lipinski definition) is 1. The van der Waals surface area contributed by atoms with Crippen molar-refractivity contribution in [1.29, 1.82) is 0 Å². The van der Waals surface area contributed by atoms with Gasteiger partial charge in [0.05, 0.1) is 7.11 Å². The molecule has 160 valence electrons. The number of fused-ring (bicyclic) bond motifs is 3. The molecule has 1 aromatic heterocycles. The number of benzene rings is 1. The Morgan fingerprint density at radius 2 is 2.07 bits per heavy atom. The minimum absolute atomic E-state index is 0.128. The third-order valence-electron chi connectivity index (χ3n) is 6.13. The molecule has 2 heterocycles. The third-order valence-corrected chi connectivity index (χ3v) is 6.13. The molecule has 1 aliphatic heterocycles. The molecule has 0 atom stereocenters. The largest absolute Gasteiger partial charge is 0.496 e. The van der Waals surface area contributed by atoms with E-state index in [1.807, 2.05) is 17.9 Å². The number of nitrogens with zero attached hydrogens (tertiary/aromatic N) is 1. The zero-order valence-corrected chi connectivity index (χ0v) is 17.9. The topological polar surface area (TPSA) is 71.8 Å². The Kier molecular flexibility index (Phi) is 6.11. The van der Waals surface area contributed by atoms with Gasteiger partial charge in [-0.05, 0) is 50.7 Å². The van der Waals surface area contributed by atoms with E-state index in [1.165, 1.54) is 18.4 Å². The van der Waals surface area contributed by atoms with Crippen molar-refractivity contribution in [3.05, 3.63) is 35.1 Å². The molecule has 1 fully saturated rings. The molecule has 0 bridgehead atoms. The second-order valence-corrected chi connectivity index (χ2v) is 8.22. The standard InChI is InChI=1S/C24H30N2O4/c1-16(13-23(27)25-10-6-12-26-11-5-9-24(26)28)18-14-19-17-7-3-4-8-20(17)30-22(19)15-21(18)29-2/h13-15H,3-12H2,1-2H3,(H,25,27)/b16-13+. The number of ether oxygens (including phenoxy) is 1. The molecule has 2 aliphatic rings. The van der Waals surface area contributed by atoms with E-state index in [1.54, 1.807) is 13.2 Å². The van der Waals surface area contributed by atoms with Crippen LogP contribution in [-0.4, -0.2) is 43.5 Å². The van der Waals surface area contributed by atoms with E-state index in [4.69, 9.17) is 9.15 Å². The number of carbonyl (C=O) groups excluding carboxylic acids is 2. The molecular formula is C24H30N2O4. The van der Waals surface area contributed by atoms with Crippen molar-refractivity contribution < 1.29 is 18.7 Å². The summed E-state index contributed by atoms with van der Waals surface area (Å²) in [6, 6.07) is 4.03. The Bertz CT molecular complexity index is 989. The lowest BCUT2D eigenvalue weighted by atomic mass is 9.94. The van der Waals surface area contributed by atoms with Gasteiger partial charge in [0.25, 0.3) is 0 Å². The van der Waals surface area contributed by atoms with E-state index >= 15 is 0 Å². The van der Waals surface area contributed by atoms with Crippen molar-refractivity contribution in [3.63, 3.8) is 0 Å². The van der Waals surface area contributed by atoms with Gasteiger partial charge in [-0.3, -0.25) is 9.59 Å². The van der Waals surface area contributed by atoms with Crippen molar-refractivity contribution in [3.8, 4) is 5.75 Å². The quantitative estimate of drug-likeness (QED) is 0.556. The Labute approximate surface area is 177 Å². The predicted molar refractivity (Wildman–Crippen MR) is 116 cm³/mol. The van der Waals surface area contributed by atoms with E-state index in [0.29, 0.717) is 25.3 Å². The molecule has 30 heavy (non-hydrogen) atoms. The molecule has 4 rings (SSSR count). The third kappa shape index (κ3) is 4.23. The highest BCUT2D eigenvalue weighted by Gasteiger charge is 2.21. The summed E-state index contributed by atoms with van der Waals surface area (Å²) in [5, 5.41) is 4.06. The average molecular weight is 411 g/mol. The highest BCUT2D eigenvalue weighted by atomic mass is 16.5. The molecule has 1 saturated heterocycles. The Morgan fingerprint density at radius 3 is 2.83 bits per heavy atom. The minimum atomic E-state index is -0.128. The minimum Gasteiger partial charge on any atom is -0.496 e. The van der Waals surface area contributed by atoms with E-state index in [0.717, 1.165) is 60.1 Å². The summed E-state index contributed by atoms with van der Waals surface area (Å²) in [6.45, 7) is 4.03. The highest BCUT2D eigenvalue weighted by molar-refractivity contribution is 5.97. The lowest BCUT2D eigenvalue weighted by molar-refractivity contribution is -0.127. The second-order valence-electron chi connectivity index (χ2n) is 8.22. The molecule has 0 spiro atoms. The summed E-state index contributed by atoms with van der Waals surface area (Å²) in [7, 11) is 1.64. The maximum Gasteiger partial charge on any atom is 0.244 e. The summed E-state index contributed by atoms with van der Waals surface area (Å²) in [5.74, 6) is 1.90. The van der Waals surface area contributed by atoms with Crippen LogP contribution >= 0.6 is 0 Å². The number of methoxy groups -OCH3 is 1. The molecule has 1 N–H and O–H groups in total. The van der Waals surface area contributed by atoms with Crippen molar-refractivity contribution in [2.75, 3.05) is 26.7 Å². The summed E-state index contributed by atoms with van der Waals surface area (Å²) in [5.41, 5.74) is 3.92. The highest BCUT2D eigenvalue weighted by Crippen LogP contribution is 2.37. The molecule has 2 amide bonds. The molecule has 2 aromatic rings. The predicted octanol–water partition coefficient (Wildman–Crippen LogP) is 3.85. The summed E-state index contributed by atoms with van der Waals surface area (Å²) in [4.78, 5) is 25.9. The van der Waals surface area contributed by atoms with Crippen LogP contribution in [0.15, 0.2) is 22.6 Å². The lowest BCUT2D eigenvalue weighted by Gasteiger charge is -2.15. The number of rotatable bonds is 7. The zero-order valence-electron chi connectivity index (χ0n) is 17.9. The Morgan fingerprint density at radius 1 is 1.23 bits per heavy atom. The number of carbonyl (C=O) groups is 2. The molecule has 0 radical (unpaired) electrons. The number of nitrogens with one attached hydrogen (secondary N) is 1. The van der Waals surface area contributed by atoms with Gasteiger partial charge in [0, 0.05) is 61.1 Å². The van der Waals surface area contributed by atoms with Crippen molar-refractivity contribution in [1.82, 2.24) is 10.2 Å². The molecule has 1 aliphatic carbocycles. The van der Waals surface area contributed by atoms with Crippen LogP contribution in [-0.2, 0) is 22.4 Å². The summed E-state index contributed by atoms with van der Waals surface area (Å²) < 4.78 is 11.6. The lowest BCUT2D eigenvalue weighted by Crippen LogP contribution is -2.30. The Balaban J connectivity index is 1.44. The van der Waals surface area contributed by atoms with Gasteiger partial charge >= 0.3 is 0 Å².